The van der Waals surface area contributed by atoms with Gasteiger partial charge in [0.1, 0.15) is 0 Å². The molecule has 1 aromatic carbocycles. The van der Waals surface area contributed by atoms with Crippen LogP contribution < -0.4 is 10.4 Å². The van der Waals surface area contributed by atoms with Gasteiger partial charge >= 0.3 is 0 Å². The van der Waals surface area contributed by atoms with Crippen LogP contribution in [0, 0.1) is 5.92 Å². The number of nitrogens with zero attached hydrogens (tertiary/aromatic N) is 3. The highest BCUT2D eigenvalue weighted by Gasteiger charge is 2.52. The van der Waals surface area contributed by atoms with Gasteiger partial charge in [0.15, 0.2) is 14.6 Å². The van der Waals surface area contributed by atoms with E-state index in [1.165, 1.54) is 12.1 Å². The molecule has 0 bridgehead atoms. The Morgan fingerprint density at radius 2 is 1.58 bits per heavy atom. The van der Waals surface area contributed by atoms with E-state index in [9.17, 15) is 23.2 Å². The molecule has 0 atom stereocenters. The molecule has 3 aliphatic heterocycles. The number of piperazine rings is 1. The first-order valence-electron chi connectivity index (χ1n) is 12.8. The Morgan fingerprint density at radius 1 is 1.00 bits per heavy atom. The first-order chi connectivity index (χ1) is 17.2. The summed E-state index contributed by atoms with van der Waals surface area (Å²) in [6.07, 6.45) is 1.50. The smallest absolute Gasteiger partial charge is 0.265 e. The van der Waals surface area contributed by atoms with Crippen LogP contribution in [0.4, 0.5) is 5.69 Å². The number of sulfone groups is 1. The minimum atomic E-state index is -4.05. The fraction of sp³-hybridized carbons (Fsp3) is 0.680. The van der Waals surface area contributed by atoms with Crippen LogP contribution in [0.25, 0.3) is 0 Å². The Bertz CT molecular complexity index is 1020. The van der Waals surface area contributed by atoms with Gasteiger partial charge in [0.25, 0.3) is 5.91 Å². The van der Waals surface area contributed by atoms with Gasteiger partial charge in [-0.2, -0.15) is 0 Å². The van der Waals surface area contributed by atoms with Crippen molar-refractivity contribution in [2.24, 2.45) is 5.92 Å². The molecule has 2 amide bonds. The lowest BCUT2D eigenvalue weighted by atomic mass is 9.94. The summed E-state index contributed by atoms with van der Waals surface area (Å²) in [4.78, 5) is 32.1. The summed E-state index contributed by atoms with van der Waals surface area (Å²) in [6.45, 7) is 9.50. The Balaban J connectivity index is 1.37. The van der Waals surface area contributed by atoms with Crippen molar-refractivity contribution in [3.8, 4) is 0 Å². The topological polar surface area (TPSA) is 119 Å². The molecule has 11 heteroatoms. The Kier molecular flexibility index (Phi) is 8.23. The fourth-order valence-electron chi connectivity index (χ4n) is 5.58. The average Bonchev–Trinajstić information content (AvgIpc) is 2.92. The maximum Gasteiger partial charge on any atom is 0.265 e. The van der Waals surface area contributed by atoms with Crippen LogP contribution in [0.2, 0.25) is 0 Å². The zero-order chi connectivity index (χ0) is 25.9. The highest BCUT2D eigenvalue weighted by molar-refractivity contribution is 7.93. The SMILES string of the molecule is CC(C)N1CCN(C(=O)C2CCN(c3ccc(S(=O)(=O)C4(C(=O)NO)CCOCC4)cc3)CC2)CC1. The molecule has 0 aromatic heterocycles. The van der Waals surface area contributed by atoms with Crippen LogP contribution in [0.3, 0.4) is 0 Å². The van der Waals surface area contributed by atoms with Crippen molar-refractivity contribution in [2.45, 2.75) is 55.2 Å². The standard InChI is InChI=1S/C25H38N4O6S/c1-19(2)27-13-15-29(16-14-27)23(30)20-7-11-28(12-8-20)21-3-5-22(6-4-21)36(33,34)25(24(31)26-32)9-17-35-18-10-25/h3-6,19-20,32H,7-18H2,1-2H3,(H,26,31). The molecule has 10 nitrogen and oxygen atoms in total. The number of carbonyl (C=O) groups excluding carboxylic acids is 2. The average molecular weight is 523 g/mol. The van der Waals surface area contributed by atoms with Crippen molar-refractivity contribution in [2.75, 3.05) is 57.4 Å². The minimum Gasteiger partial charge on any atom is -0.381 e. The lowest BCUT2D eigenvalue weighted by molar-refractivity contribution is -0.138. The van der Waals surface area contributed by atoms with E-state index in [1.54, 1.807) is 17.6 Å². The lowest BCUT2D eigenvalue weighted by Gasteiger charge is -2.40. The van der Waals surface area contributed by atoms with Crippen molar-refractivity contribution < 1.29 is 28.0 Å². The number of nitrogens with one attached hydrogen (secondary N) is 1. The third kappa shape index (κ3) is 5.11. The van der Waals surface area contributed by atoms with Gasteiger partial charge in [-0.25, -0.2) is 13.9 Å². The second-order valence-electron chi connectivity index (χ2n) is 10.3. The van der Waals surface area contributed by atoms with Crippen LogP contribution in [-0.4, -0.2) is 98.5 Å². The Labute approximate surface area is 213 Å². The summed E-state index contributed by atoms with van der Waals surface area (Å²) in [5.74, 6) is -0.646. The van der Waals surface area contributed by atoms with E-state index in [1.807, 2.05) is 4.90 Å². The van der Waals surface area contributed by atoms with Crippen LogP contribution in [0.15, 0.2) is 29.2 Å². The van der Waals surface area contributed by atoms with Gasteiger partial charge < -0.3 is 14.5 Å². The summed E-state index contributed by atoms with van der Waals surface area (Å²) >= 11 is 0. The van der Waals surface area contributed by atoms with E-state index in [4.69, 9.17) is 4.74 Å². The number of hydroxylamine groups is 1. The first-order valence-corrected chi connectivity index (χ1v) is 14.3. The molecule has 0 aliphatic carbocycles. The van der Waals surface area contributed by atoms with E-state index in [2.05, 4.69) is 23.6 Å². The van der Waals surface area contributed by atoms with E-state index in [0.29, 0.717) is 6.04 Å². The van der Waals surface area contributed by atoms with Crippen LogP contribution in [0.5, 0.6) is 0 Å². The van der Waals surface area contributed by atoms with Crippen LogP contribution >= 0.6 is 0 Å². The van der Waals surface area contributed by atoms with Gasteiger partial charge in [-0.15, -0.1) is 0 Å². The molecule has 0 unspecified atom stereocenters. The number of hydrogen-bond acceptors (Lipinski definition) is 8. The molecule has 0 saturated carbocycles. The molecule has 3 fully saturated rings. The second-order valence-corrected chi connectivity index (χ2v) is 12.5. The summed E-state index contributed by atoms with van der Waals surface area (Å²) in [6, 6.07) is 7.06. The molecule has 0 radical (unpaired) electrons. The summed E-state index contributed by atoms with van der Waals surface area (Å²) in [5.41, 5.74) is 2.43. The molecule has 2 N–H and O–H groups in total. The number of rotatable bonds is 6. The van der Waals surface area contributed by atoms with Crippen molar-refractivity contribution in [3.05, 3.63) is 24.3 Å². The quantitative estimate of drug-likeness (QED) is 0.424. The summed E-state index contributed by atoms with van der Waals surface area (Å²) in [7, 11) is -4.05. The molecule has 3 aliphatic rings. The maximum atomic E-state index is 13.4. The normalized spacial score (nSPS) is 22.0. The molecule has 3 heterocycles. The summed E-state index contributed by atoms with van der Waals surface area (Å²) in [5, 5.41) is 9.21. The molecule has 1 aromatic rings. The Hall–Kier alpha value is -2.21. The van der Waals surface area contributed by atoms with Gasteiger partial charge in [-0.3, -0.25) is 19.7 Å². The van der Waals surface area contributed by atoms with Gasteiger partial charge in [0.2, 0.25) is 5.91 Å². The molecular weight excluding hydrogens is 484 g/mol. The van der Waals surface area contributed by atoms with Gasteiger partial charge in [-0.05, 0) is 63.8 Å². The fourth-order valence-corrected chi connectivity index (χ4v) is 7.52. The third-order valence-electron chi connectivity index (χ3n) is 8.04. The number of carbonyl (C=O) groups is 2. The van der Waals surface area contributed by atoms with Gasteiger partial charge in [-0.1, -0.05) is 0 Å². The van der Waals surface area contributed by atoms with Crippen molar-refractivity contribution in [1.29, 1.82) is 0 Å². The molecule has 200 valence electrons. The molecular formula is C25H38N4O6S. The predicted octanol–water partition coefficient (Wildman–Crippen LogP) is 1.28. The number of benzene rings is 1. The molecule has 0 spiro atoms. The second kappa shape index (κ2) is 11.0. The third-order valence-corrected chi connectivity index (χ3v) is 10.6. The van der Waals surface area contributed by atoms with E-state index < -0.39 is 20.5 Å². The van der Waals surface area contributed by atoms with Crippen LogP contribution in [-0.2, 0) is 24.2 Å². The van der Waals surface area contributed by atoms with Crippen molar-refractivity contribution in [1.82, 2.24) is 15.3 Å². The minimum absolute atomic E-state index is 0.0163. The highest BCUT2D eigenvalue weighted by Crippen LogP contribution is 2.36. The van der Waals surface area contributed by atoms with E-state index in [-0.39, 0.29) is 42.8 Å². The number of hydrogen-bond donors (Lipinski definition) is 2. The highest BCUT2D eigenvalue weighted by atomic mass is 32.2. The van der Waals surface area contributed by atoms with Crippen molar-refractivity contribution >= 4 is 27.3 Å². The zero-order valence-corrected chi connectivity index (χ0v) is 22.0. The van der Waals surface area contributed by atoms with Crippen LogP contribution in [0.1, 0.15) is 39.5 Å². The maximum absolute atomic E-state index is 13.4. The van der Waals surface area contributed by atoms with E-state index in [0.717, 1.165) is 57.8 Å². The number of amides is 2. The van der Waals surface area contributed by atoms with E-state index >= 15 is 0 Å². The largest absolute Gasteiger partial charge is 0.381 e. The number of piperidine rings is 1. The predicted molar refractivity (Wildman–Crippen MR) is 135 cm³/mol. The molecule has 4 rings (SSSR count). The lowest BCUT2D eigenvalue weighted by Crippen LogP contribution is -2.54. The zero-order valence-electron chi connectivity index (χ0n) is 21.2. The monoisotopic (exact) mass is 522 g/mol. The molecule has 36 heavy (non-hydrogen) atoms. The Morgan fingerprint density at radius 3 is 2.11 bits per heavy atom. The summed E-state index contributed by atoms with van der Waals surface area (Å²) < 4.78 is 30.4. The first kappa shape index (κ1) is 26.8. The molecule has 3 saturated heterocycles. The van der Waals surface area contributed by atoms with Gasteiger partial charge in [0.05, 0.1) is 4.90 Å². The number of anilines is 1. The number of ether oxygens (including phenoxy) is 1. The van der Waals surface area contributed by atoms with Gasteiger partial charge in [0, 0.05) is 70.1 Å². The van der Waals surface area contributed by atoms with Crippen molar-refractivity contribution in [3.63, 3.8) is 0 Å².